The van der Waals surface area contributed by atoms with Gasteiger partial charge in [-0.2, -0.15) is 0 Å². The van der Waals surface area contributed by atoms with Crippen molar-refractivity contribution in [3.05, 3.63) is 20.3 Å². The van der Waals surface area contributed by atoms with Gasteiger partial charge in [0.25, 0.3) is 0 Å². The molecule has 0 aromatic carbocycles. The number of rotatable bonds is 7. The third-order valence-corrected chi connectivity index (χ3v) is 4.60. The fraction of sp³-hybridized carbons (Fsp3) is 0.667. The molecule has 1 unspecified atom stereocenters. The molecule has 1 rings (SSSR count). The van der Waals surface area contributed by atoms with Crippen LogP contribution in [-0.4, -0.2) is 19.8 Å². The molecule has 4 heteroatoms. The number of nitrogens with one attached hydrogen (secondary N) is 1. The fourth-order valence-electron chi connectivity index (χ4n) is 1.45. The van der Waals surface area contributed by atoms with Gasteiger partial charge in [0, 0.05) is 11.5 Å². The van der Waals surface area contributed by atoms with Crippen molar-refractivity contribution in [1.82, 2.24) is 5.32 Å². The molecule has 0 spiro atoms. The van der Waals surface area contributed by atoms with Crippen LogP contribution in [0.15, 0.2) is 9.85 Å². The number of aryl methyl sites for hydroxylation is 1. The van der Waals surface area contributed by atoms with Gasteiger partial charge >= 0.3 is 0 Å². The van der Waals surface area contributed by atoms with Crippen LogP contribution in [0.1, 0.15) is 36.8 Å². The van der Waals surface area contributed by atoms with Crippen LogP contribution in [-0.2, 0) is 4.74 Å². The van der Waals surface area contributed by atoms with Crippen LogP contribution in [0.4, 0.5) is 0 Å². The zero-order chi connectivity index (χ0) is 12.0. The van der Waals surface area contributed by atoms with Crippen molar-refractivity contribution in [3.8, 4) is 0 Å². The van der Waals surface area contributed by atoms with Crippen LogP contribution in [0.3, 0.4) is 0 Å². The number of hydrogen-bond acceptors (Lipinski definition) is 3. The quantitative estimate of drug-likeness (QED) is 0.825. The molecule has 92 valence electrons. The maximum Gasteiger partial charge on any atom is 0.0731 e. The van der Waals surface area contributed by atoms with Gasteiger partial charge in [0.1, 0.15) is 0 Å². The zero-order valence-corrected chi connectivity index (χ0v) is 12.6. The highest BCUT2D eigenvalue weighted by atomic mass is 79.9. The number of ether oxygens (including phenoxy) is 1. The first kappa shape index (κ1) is 14.2. The molecule has 1 aromatic rings. The van der Waals surface area contributed by atoms with Crippen LogP contribution < -0.4 is 5.32 Å². The lowest BCUT2D eigenvalue weighted by molar-refractivity contribution is 0.124. The minimum atomic E-state index is 0.329. The molecule has 1 N–H and O–H groups in total. The van der Waals surface area contributed by atoms with E-state index >= 15 is 0 Å². The highest BCUT2D eigenvalue weighted by molar-refractivity contribution is 9.11. The van der Waals surface area contributed by atoms with Crippen LogP contribution in [0.25, 0.3) is 0 Å². The molecule has 0 fully saturated rings. The summed E-state index contributed by atoms with van der Waals surface area (Å²) in [4.78, 5) is 1.35. The molecule has 16 heavy (non-hydrogen) atoms. The average Bonchev–Trinajstić information content (AvgIpc) is 2.59. The van der Waals surface area contributed by atoms with E-state index < -0.39 is 0 Å². The Bertz CT molecular complexity index is 286. The summed E-state index contributed by atoms with van der Waals surface area (Å²) in [5, 5.41) is 3.53. The van der Waals surface area contributed by atoms with Crippen LogP contribution in [0, 0.1) is 6.92 Å². The van der Waals surface area contributed by atoms with Crippen LogP contribution >= 0.6 is 27.3 Å². The van der Waals surface area contributed by atoms with Crippen molar-refractivity contribution in [3.63, 3.8) is 0 Å². The van der Waals surface area contributed by atoms with Gasteiger partial charge in [-0.3, -0.25) is 0 Å². The molecular formula is C12H20BrNOS. The maximum atomic E-state index is 5.53. The first-order chi connectivity index (χ1) is 7.69. The number of halogens is 1. The smallest absolute Gasteiger partial charge is 0.0731 e. The summed E-state index contributed by atoms with van der Waals surface area (Å²) in [5.41, 5.74) is 1.31. The van der Waals surface area contributed by atoms with E-state index in [0.29, 0.717) is 6.04 Å². The van der Waals surface area contributed by atoms with Gasteiger partial charge in [0.2, 0.25) is 0 Å². The van der Waals surface area contributed by atoms with Gasteiger partial charge in [-0.05, 0) is 54.4 Å². The monoisotopic (exact) mass is 305 g/mol. The van der Waals surface area contributed by atoms with E-state index in [9.17, 15) is 0 Å². The Labute approximate surface area is 111 Å². The van der Waals surface area contributed by atoms with Crippen molar-refractivity contribution in [1.29, 1.82) is 0 Å². The molecular weight excluding hydrogens is 286 g/mol. The van der Waals surface area contributed by atoms with Gasteiger partial charge in [-0.15, -0.1) is 11.3 Å². The van der Waals surface area contributed by atoms with Crippen LogP contribution in [0.2, 0.25) is 0 Å². The molecule has 0 radical (unpaired) electrons. The predicted molar refractivity (Wildman–Crippen MR) is 74.3 cm³/mol. The summed E-state index contributed by atoms with van der Waals surface area (Å²) in [7, 11) is 0. The molecule has 0 aliphatic heterocycles. The van der Waals surface area contributed by atoms with E-state index in [1.807, 2.05) is 6.92 Å². The number of hydrogen-bond donors (Lipinski definition) is 1. The van der Waals surface area contributed by atoms with Gasteiger partial charge in [-0.1, -0.05) is 6.92 Å². The molecule has 2 nitrogen and oxygen atoms in total. The first-order valence-corrected chi connectivity index (χ1v) is 7.36. The SMILES string of the molecule is CCCNC(COCC)c1cc(C)c(Br)s1. The Hall–Kier alpha value is 0.1000. The molecule has 0 bridgehead atoms. The van der Waals surface area contributed by atoms with Crippen molar-refractivity contribution < 1.29 is 4.74 Å². The van der Waals surface area contributed by atoms with Crippen molar-refractivity contribution >= 4 is 27.3 Å². The summed E-state index contributed by atoms with van der Waals surface area (Å²) < 4.78 is 6.75. The van der Waals surface area contributed by atoms with Crippen molar-refractivity contribution in [2.24, 2.45) is 0 Å². The van der Waals surface area contributed by atoms with E-state index in [0.717, 1.165) is 26.2 Å². The summed E-state index contributed by atoms with van der Waals surface area (Å²) in [5.74, 6) is 0. The zero-order valence-electron chi connectivity index (χ0n) is 10.2. The lowest BCUT2D eigenvalue weighted by Crippen LogP contribution is -2.25. The van der Waals surface area contributed by atoms with E-state index in [-0.39, 0.29) is 0 Å². The van der Waals surface area contributed by atoms with Gasteiger partial charge < -0.3 is 10.1 Å². The normalized spacial score (nSPS) is 13.0. The maximum absolute atomic E-state index is 5.53. The molecule has 0 aliphatic rings. The Balaban J connectivity index is 2.66. The van der Waals surface area contributed by atoms with Gasteiger partial charge in [-0.25, -0.2) is 0 Å². The van der Waals surface area contributed by atoms with E-state index in [2.05, 4.69) is 41.2 Å². The Morgan fingerprint density at radius 1 is 1.50 bits per heavy atom. The minimum absolute atomic E-state index is 0.329. The summed E-state index contributed by atoms with van der Waals surface area (Å²) in [6.07, 6.45) is 1.15. The lowest BCUT2D eigenvalue weighted by Gasteiger charge is -2.16. The molecule has 0 saturated carbocycles. The highest BCUT2D eigenvalue weighted by Crippen LogP contribution is 2.31. The predicted octanol–water partition coefficient (Wildman–Crippen LogP) is 3.90. The molecule has 1 aromatic heterocycles. The number of thiophene rings is 1. The van der Waals surface area contributed by atoms with Crippen molar-refractivity contribution in [2.45, 2.75) is 33.2 Å². The molecule has 1 heterocycles. The molecule has 1 atom stereocenters. The third kappa shape index (κ3) is 4.17. The minimum Gasteiger partial charge on any atom is -0.380 e. The van der Waals surface area contributed by atoms with E-state index in [4.69, 9.17) is 4.74 Å². The Morgan fingerprint density at radius 3 is 2.75 bits per heavy atom. The first-order valence-electron chi connectivity index (χ1n) is 5.76. The topological polar surface area (TPSA) is 21.3 Å². The third-order valence-electron chi connectivity index (χ3n) is 2.35. The Morgan fingerprint density at radius 2 is 2.25 bits per heavy atom. The highest BCUT2D eigenvalue weighted by Gasteiger charge is 2.14. The average molecular weight is 306 g/mol. The van der Waals surface area contributed by atoms with E-state index in [1.165, 1.54) is 14.2 Å². The van der Waals surface area contributed by atoms with E-state index in [1.54, 1.807) is 11.3 Å². The van der Waals surface area contributed by atoms with Gasteiger partial charge in [0.15, 0.2) is 0 Å². The van der Waals surface area contributed by atoms with Crippen LogP contribution in [0.5, 0.6) is 0 Å². The second kappa shape index (κ2) is 7.43. The molecule has 0 saturated heterocycles. The second-order valence-electron chi connectivity index (χ2n) is 3.77. The van der Waals surface area contributed by atoms with Gasteiger partial charge in [0.05, 0.1) is 16.4 Å². The largest absolute Gasteiger partial charge is 0.380 e. The summed E-state index contributed by atoms with van der Waals surface area (Å²) in [6, 6.07) is 2.57. The second-order valence-corrected chi connectivity index (χ2v) is 6.17. The molecule has 0 amide bonds. The van der Waals surface area contributed by atoms with Crippen molar-refractivity contribution in [2.75, 3.05) is 19.8 Å². The summed E-state index contributed by atoms with van der Waals surface area (Å²) in [6.45, 7) is 8.90. The Kier molecular flexibility index (Phi) is 6.58. The standard InChI is InChI=1S/C12H20BrNOS/c1-4-6-14-10(8-15-5-2)11-7-9(3)12(13)16-11/h7,10,14H,4-6,8H2,1-3H3. The molecule has 0 aliphatic carbocycles. The summed E-state index contributed by atoms with van der Waals surface area (Å²) >= 11 is 5.37. The fourth-order valence-corrected chi connectivity index (χ4v) is 3.08. The lowest BCUT2D eigenvalue weighted by atomic mass is 10.2.